The molecule has 0 atom stereocenters. The largest absolute Gasteiger partial charge is 0.348 e. The van der Waals surface area contributed by atoms with Crippen LogP contribution in [0.2, 0.25) is 0 Å². The molecule has 1 aromatic rings. The third-order valence-electron chi connectivity index (χ3n) is 2.74. The van der Waals surface area contributed by atoms with Crippen LogP contribution in [-0.2, 0) is 11.3 Å². The Morgan fingerprint density at radius 2 is 2.21 bits per heavy atom. The van der Waals surface area contributed by atoms with Crippen molar-refractivity contribution >= 4 is 5.91 Å². The van der Waals surface area contributed by atoms with Gasteiger partial charge in [-0.25, -0.2) is 4.98 Å². The van der Waals surface area contributed by atoms with Gasteiger partial charge < -0.3 is 4.90 Å². The van der Waals surface area contributed by atoms with Gasteiger partial charge in [0.15, 0.2) is 0 Å². The molecule has 1 amide bonds. The van der Waals surface area contributed by atoms with Crippen LogP contribution < -0.4 is 0 Å². The Labute approximate surface area is 114 Å². The van der Waals surface area contributed by atoms with Gasteiger partial charge in [-0.15, -0.1) is 0 Å². The molecule has 0 aliphatic carbocycles. The van der Waals surface area contributed by atoms with Gasteiger partial charge in [0.05, 0.1) is 6.54 Å². The molecular weight excluding hydrogens is 240 g/mol. The Morgan fingerprint density at radius 3 is 2.79 bits per heavy atom. The van der Waals surface area contributed by atoms with Gasteiger partial charge in [-0.2, -0.15) is 5.26 Å². The number of likely N-dealkylation sites (N-methyl/N-ethyl adjacent to an activating group) is 1. The van der Waals surface area contributed by atoms with Crippen molar-refractivity contribution < 1.29 is 4.79 Å². The molecule has 0 aromatic carbocycles. The van der Waals surface area contributed by atoms with Crippen LogP contribution in [0.4, 0.5) is 0 Å². The van der Waals surface area contributed by atoms with Crippen LogP contribution in [0.5, 0.6) is 0 Å². The molecule has 1 aromatic heterocycles. The molecule has 0 saturated heterocycles. The molecule has 0 bridgehead atoms. The molecule has 1 rings (SSSR count). The highest BCUT2D eigenvalue weighted by molar-refractivity contribution is 5.77. The van der Waals surface area contributed by atoms with E-state index in [9.17, 15) is 4.79 Å². The number of rotatable bonds is 6. The second-order valence-corrected chi connectivity index (χ2v) is 4.66. The molecule has 0 aliphatic heterocycles. The number of hydrogen-bond acceptors (Lipinski definition) is 4. The fourth-order valence-electron chi connectivity index (χ4n) is 1.75. The second kappa shape index (κ2) is 7.49. The average molecular weight is 260 g/mol. The zero-order valence-corrected chi connectivity index (χ0v) is 11.8. The predicted octanol–water partition coefficient (Wildman–Crippen LogP) is 1.25. The van der Waals surface area contributed by atoms with Gasteiger partial charge in [0.25, 0.3) is 0 Å². The topological polar surface area (TPSA) is 60.2 Å². The van der Waals surface area contributed by atoms with E-state index < -0.39 is 0 Å². The molecular formula is C14H20N4O. The van der Waals surface area contributed by atoms with Crippen molar-refractivity contribution in [1.29, 1.82) is 5.26 Å². The lowest BCUT2D eigenvalue weighted by Gasteiger charge is -2.23. The van der Waals surface area contributed by atoms with Crippen LogP contribution in [-0.4, -0.2) is 47.9 Å². The van der Waals surface area contributed by atoms with Crippen LogP contribution in [0, 0.1) is 11.3 Å². The van der Waals surface area contributed by atoms with Crippen LogP contribution in [0.25, 0.3) is 0 Å². The SMILES string of the molecule is CCCN(CC(=O)N(C)C)Cc1ccnc(C#N)c1. The predicted molar refractivity (Wildman–Crippen MR) is 73.2 cm³/mol. The number of aromatic nitrogens is 1. The van der Waals surface area contributed by atoms with Crippen molar-refractivity contribution in [2.24, 2.45) is 0 Å². The van der Waals surface area contributed by atoms with Crippen molar-refractivity contribution in [3.05, 3.63) is 29.6 Å². The molecule has 102 valence electrons. The zero-order valence-electron chi connectivity index (χ0n) is 11.8. The van der Waals surface area contributed by atoms with Crippen LogP contribution >= 0.6 is 0 Å². The van der Waals surface area contributed by atoms with Crippen molar-refractivity contribution in [2.75, 3.05) is 27.2 Å². The summed E-state index contributed by atoms with van der Waals surface area (Å²) < 4.78 is 0. The normalized spacial score (nSPS) is 10.3. The molecule has 0 N–H and O–H groups in total. The first-order chi connectivity index (χ1) is 9.06. The van der Waals surface area contributed by atoms with E-state index in [4.69, 9.17) is 5.26 Å². The molecule has 19 heavy (non-hydrogen) atoms. The maximum atomic E-state index is 11.8. The first-order valence-corrected chi connectivity index (χ1v) is 6.34. The summed E-state index contributed by atoms with van der Waals surface area (Å²) in [5.74, 6) is 0.0861. The third-order valence-corrected chi connectivity index (χ3v) is 2.74. The minimum atomic E-state index is 0.0861. The van der Waals surface area contributed by atoms with E-state index in [2.05, 4.69) is 16.8 Å². The summed E-state index contributed by atoms with van der Waals surface area (Å²) in [6, 6.07) is 5.67. The number of nitrogens with zero attached hydrogens (tertiary/aromatic N) is 4. The quantitative estimate of drug-likeness (QED) is 0.772. The Balaban J connectivity index is 2.72. The molecule has 0 fully saturated rings. The smallest absolute Gasteiger partial charge is 0.236 e. The lowest BCUT2D eigenvalue weighted by Crippen LogP contribution is -2.36. The van der Waals surface area contributed by atoms with Gasteiger partial charge in [-0.05, 0) is 30.7 Å². The monoisotopic (exact) mass is 260 g/mol. The van der Waals surface area contributed by atoms with Crippen molar-refractivity contribution in [3.63, 3.8) is 0 Å². The summed E-state index contributed by atoms with van der Waals surface area (Å²) in [6.45, 7) is 3.99. The fourth-order valence-corrected chi connectivity index (χ4v) is 1.75. The van der Waals surface area contributed by atoms with Crippen molar-refractivity contribution in [2.45, 2.75) is 19.9 Å². The van der Waals surface area contributed by atoms with Crippen molar-refractivity contribution in [1.82, 2.24) is 14.8 Å². The average Bonchev–Trinajstić information content (AvgIpc) is 2.39. The first-order valence-electron chi connectivity index (χ1n) is 6.34. The maximum Gasteiger partial charge on any atom is 0.236 e. The Hall–Kier alpha value is -1.93. The summed E-state index contributed by atoms with van der Waals surface area (Å²) in [5.41, 5.74) is 1.42. The highest BCUT2D eigenvalue weighted by atomic mass is 16.2. The Kier molecular flexibility index (Phi) is 5.97. The van der Waals surface area contributed by atoms with Gasteiger partial charge in [0.2, 0.25) is 5.91 Å². The van der Waals surface area contributed by atoms with E-state index in [1.807, 2.05) is 12.1 Å². The highest BCUT2D eigenvalue weighted by Gasteiger charge is 2.12. The standard InChI is InChI=1S/C14H20N4O/c1-4-7-18(11-14(19)17(2)3)10-12-5-6-16-13(8-12)9-15/h5-6,8H,4,7,10-11H2,1-3H3. The fraction of sp³-hybridized carbons (Fsp3) is 0.500. The molecule has 0 radical (unpaired) electrons. The molecule has 5 nitrogen and oxygen atoms in total. The summed E-state index contributed by atoms with van der Waals surface area (Å²) in [7, 11) is 3.51. The van der Waals surface area contributed by atoms with Gasteiger partial charge in [-0.3, -0.25) is 9.69 Å². The number of hydrogen-bond donors (Lipinski definition) is 0. The minimum absolute atomic E-state index is 0.0861. The lowest BCUT2D eigenvalue weighted by atomic mass is 10.2. The number of nitriles is 1. The number of amides is 1. The summed E-state index contributed by atoms with van der Waals surface area (Å²) in [5, 5.41) is 8.83. The van der Waals surface area contributed by atoms with Crippen LogP contribution in [0.15, 0.2) is 18.3 Å². The number of pyridine rings is 1. The van der Waals surface area contributed by atoms with Gasteiger partial charge >= 0.3 is 0 Å². The zero-order chi connectivity index (χ0) is 14.3. The second-order valence-electron chi connectivity index (χ2n) is 4.66. The molecule has 5 heteroatoms. The van der Waals surface area contributed by atoms with Gasteiger partial charge in [-0.1, -0.05) is 6.92 Å². The van der Waals surface area contributed by atoms with E-state index >= 15 is 0 Å². The van der Waals surface area contributed by atoms with E-state index in [1.165, 1.54) is 0 Å². The first kappa shape index (κ1) is 15.1. The van der Waals surface area contributed by atoms with Gasteiger partial charge in [0.1, 0.15) is 11.8 Å². The highest BCUT2D eigenvalue weighted by Crippen LogP contribution is 2.06. The summed E-state index contributed by atoms with van der Waals surface area (Å²) >= 11 is 0. The van der Waals surface area contributed by atoms with Gasteiger partial charge in [0, 0.05) is 26.8 Å². The van der Waals surface area contributed by atoms with E-state index in [1.54, 1.807) is 31.3 Å². The minimum Gasteiger partial charge on any atom is -0.348 e. The van der Waals surface area contributed by atoms with E-state index in [0.29, 0.717) is 18.8 Å². The lowest BCUT2D eigenvalue weighted by molar-refractivity contribution is -0.130. The molecule has 0 unspecified atom stereocenters. The van der Waals surface area contributed by atoms with Crippen molar-refractivity contribution in [3.8, 4) is 6.07 Å². The maximum absolute atomic E-state index is 11.8. The molecule has 0 aliphatic rings. The summed E-state index contributed by atoms with van der Waals surface area (Å²) in [4.78, 5) is 19.4. The number of carbonyl (C=O) groups is 1. The van der Waals surface area contributed by atoms with E-state index in [-0.39, 0.29) is 5.91 Å². The van der Waals surface area contributed by atoms with Crippen LogP contribution in [0.3, 0.4) is 0 Å². The van der Waals surface area contributed by atoms with E-state index in [0.717, 1.165) is 18.5 Å². The Morgan fingerprint density at radius 1 is 1.47 bits per heavy atom. The third kappa shape index (κ3) is 5.06. The number of carbonyl (C=O) groups excluding carboxylic acids is 1. The van der Waals surface area contributed by atoms with Crippen LogP contribution in [0.1, 0.15) is 24.6 Å². The molecule has 1 heterocycles. The molecule has 0 saturated carbocycles. The summed E-state index contributed by atoms with van der Waals surface area (Å²) in [6.07, 6.45) is 2.61. The Bertz CT molecular complexity index is 465. The molecule has 0 spiro atoms.